The molecule has 0 unspecified atom stereocenters. The Labute approximate surface area is 151 Å². The van der Waals surface area contributed by atoms with E-state index in [1.54, 1.807) is 11.8 Å². The van der Waals surface area contributed by atoms with Crippen LogP contribution in [0.15, 0.2) is 59.8 Å². The van der Waals surface area contributed by atoms with E-state index in [9.17, 15) is 4.79 Å². The molecule has 1 amide bonds. The zero-order valence-corrected chi connectivity index (χ0v) is 15.2. The van der Waals surface area contributed by atoms with Crippen LogP contribution in [-0.4, -0.2) is 27.4 Å². The summed E-state index contributed by atoms with van der Waals surface area (Å²) in [6, 6.07) is 13.6. The summed E-state index contributed by atoms with van der Waals surface area (Å²) < 4.78 is 2.02. The first kappa shape index (κ1) is 17.5. The van der Waals surface area contributed by atoms with E-state index in [4.69, 9.17) is 5.73 Å². The molecule has 25 heavy (non-hydrogen) atoms. The highest BCUT2D eigenvalue weighted by atomic mass is 32.2. The van der Waals surface area contributed by atoms with Crippen molar-refractivity contribution in [1.29, 1.82) is 0 Å². The second-order valence-corrected chi connectivity index (χ2v) is 7.60. The van der Waals surface area contributed by atoms with Gasteiger partial charge in [0, 0.05) is 40.7 Å². The standard InChI is InChI=1S/C19H22N4OS/c1-19(2,13-20)22-18(24)14-6-8-16(9-7-14)25-12-15-11-23-10-4-3-5-17(23)21-15/h3-11H,12-13,20H2,1-2H3,(H,22,24). The summed E-state index contributed by atoms with van der Waals surface area (Å²) in [6.07, 6.45) is 4.03. The molecule has 0 aliphatic rings. The van der Waals surface area contributed by atoms with Crippen molar-refractivity contribution in [2.45, 2.75) is 30.0 Å². The first-order chi connectivity index (χ1) is 12.0. The third kappa shape index (κ3) is 4.41. The number of carbonyl (C=O) groups is 1. The van der Waals surface area contributed by atoms with Gasteiger partial charge in [-0.2, -0.15) is 0 Å². The number of amides is 1. The third-order valence-electron chi connectivity index (χ3n) is 3.88. The highest BCUT2D eigenvalue weighted by Crippen LogP contribution is 2.23. The van der Waals surface area contributed by atoms with Crippen LogP contribution in [0.2, 0.25) is 0 Å². The Kier molecular flexibility index (Phi) is 5.11. The van der Waals surface area contributed by atoms with E-state index in [1.807, 2.05) is 73.1 Å². The molecule has 0 saturated carbocycles. The summed E-state index contributed by atoms with van der Waals surface area (Å²) in [7, 11) is 0. The average molecular weight is 354 g/mol. The molecule has 0 bridgehead atoms. The molecule has 6 heteroatoms. The van der Waals surface area contributed by atoms with Crippen LogP contribution in [0.3, 0.4) is 0 Å². The zero-order chi connectivity index (χ0) is 17.9. The van der Waals surface area contributed by atoms with Crippen molar-refractivity contribution in [2.24, 2.45) is 5.73 Å². The summed E-state index contributed by atoms with van der Waals surface area (Å²) in [5.74, 6) is 0.681. The highest BCUT2D eigenvalue weighted by molar-refractivity contribution is 7.98. The summed E-state index contributed by atoms with van der Waals surface area (Å²) in [5, 5.41) is 2.93. The lowest BCUT2D eigenvalue weighted by molar-refractivity contribution is 0.0915. The summed E-state index contributed by atoms with van der Waals surface area (Å²) in [4.78, 5) is 17.9. The molecule has 0 atom stereocenters. The number of nitrogens with two attached hydrogens (primary N) is 1. The predicted octanol–water partition coefficient (Wildman–Crippen LogP) is 3.09. The quantitative estimate of drug-likeness (QED) is 0.667. The van der Waals surface area contributed by atoms with Gasteiger partial charge in [-0.1, -0.05) is 6.07 Å². The highest BCUT2D eigenvalue weighted by Gasteiger charge is 2.19. The van der Waals surface area contributed by atoms with Gasteiger partial charge in [0.25, 0.3) is 5.91 Å². The molecule has 0 radical (unpaired) electrons. The van der Waals surface area contributed by atoms with Gasteiger partial charge in [-0.25, -0.2) is 4.98 Å². The monoisotopic (exact) mass is 354 g/mol. The molecule has 2 heterocycles. The maximum Gasteiger partial charge on any atom is 0.251 e. The van der Waals surface area contributed by atoms with Crippen molar-refractivity contribution in [2.75, 3.05) is 6.54 Å². The number of fused-ring (bicyclic) bond motifs is 1. The number of imidazole rings is 1. The van der Waals surface area contributed by atoms with E-state index in [-0.39, 0.29) is 5.91 Å². The molecule has 3 N–H and O–H groups in total. The van der Waals surface area contributed by atoms with Crippen LogP contribution in [0.4, 0.5) is 0 Å². The maximum atomic E-state index is 12.2. The minimum atomic E-state index is -0.409. The van der Waals surface area contributed by atoms with E-state index < -0.39 is 5.54 Å². The molecule has 130 valence electrons. The number of hydrogen-bond donors (Lipinski definition) is 2. The third-order valence-corrected chi connectivity index (χ3v) is 4.92. The fourth-order valence-corrected chi connectivity index (χ4v) is 3.13. The number of pyridine rings is 1. The van der Waals surface area contributed by atoms with Gasteiger partial charge in [0.15, 0.2) is 0 Å². The Balaban J connectivity index is 1.61. The Morgan fingerprint density at radius 3 is 2.68 bits per heavy atom. The Bertz CT molecular complexity index is 838. The van der Waals surface area contributed by atoms with E-state index in [0.717, 1.165) is 22.0 Å². The number of nitrogens with zero attached hydrogens (tertiary/aromatic N) is 2. The number of aromatic nitrogens is 2. The van der Waals surface area contributed by atoms with E-state index >= 15 is 0 Å². The van der Waals surface area contributed by atoms with E-state index in [0.29, 0.717) is 12.1 Å². The van der Waals surface area contributed by atoms with Crippen LogP contribution in [-0.2, 0) is 5.75 Å². The SMILES string of the molecule is CC(C)(CN)NC(=O)c1ccc(SCc2cn3ccccc3n2)cc1. The average Bonchev–Trinajstić information content (AvgIpc) is 3.03. The molecule has 0 aliphatic carbocycles. The minimum Gasteiger partial charge on any atom is -0.346 e. The number of benzene rings is 1. The molecule has 1 aromatic carbocycles. The van der Waals surface area contributed by atoms with Crippen LogP contribution >= 0.6 is 11.8 Å². The van der Waals surface area contributed by atoms with E-state index in [1.165, 1.54) is 0 Å². The van der Waals surface area contributed by atoms with Crippen molar-refractivity contribution in [3.05, 3.63) is 66.1 Å². The first-order valence-corrected chi connectivity index (χ1v) is 9.13. The van der Waals surface area contributed by atoms with Crippen LogP contribution in [0.1, 0.15) is 29.9 Å². The predicted molar refractivity (Wildman–Crippen MR) is 102 cm³/mol. The molecule has 3 rings (SSSR count). The fourth-order valence-electron chi connectivity index (χ4n) is 2.35. The zero-order valence-electron chi connectivity index (χ0n) is 14.4. The molecule has 5 nitrogen and oxygen atoms in total. The van der Waals surface area contributed by atoms with Crippen molar-refractivity contribution in [3.63, 3.8) is 0 Å². The molecule has 0 saturated heterocycles. The number of nitrogens with one attached hydrogen (secondary N) is 1. The molecule has 0 aliphatic heterocycles. The van der Waals surface area contributed by atoms with Crippen molar-refractivity contribution in [1.82, 2.24) is 14.7 Å². The van der Waals surface area contributed by atoms with Gasteiger partial charge < -0.3 is 15.5 Å². The lowest BCUT2D eigenvalue weighted by Crippen LogP contribution is -2.48. The van der Waals surface area contributed by atoms with Gasteiger partial charge in [-0.05, 0) is 50.2 Å². The Morgan fingerprint density at radius 2 is 2.00 bits per heavy atom. The largest absolute Gasteiger partial charge is 0.346 e. The second-order valence-electron chi connectivity index (χ2n) is 6.55. The molecule has 2 aromatic heterocycles. The number of hydrogen-bond acceptors (Lipinski definition) is 4. The topological polar surface area (TPSA) is 72.4 Å². The van der Waals surface area contributed by atoms with Gasteiger partial charge >= 0.3 is 0 Å². The minimum absolute atomic E-state index is 0.104. The summed E-state index contributed by atoms with van der Waals surface area (Å²) >= 11 is 1.70. The van der Waals surface area contributed by atoms with Crippen molar-refractivity contribution < 1.29 is 4.79 Å². The summed E-state index contributed by atoms with van der Waals surface area (Å²) in [5.41, 5.74) is 7.86. The number of thioether (sulfide) groups is 1. The van der Waals surface area contributed by atoms with Gasteiger partial charge in [-0.3, -0.25) is 4.79 Å². The molecular formula is C19H22N4OS. The van der Waals surface area contributed by atoms with Gasteiger partial charge in [0.05, 0.1) is 5.69 Å². The normalized spacial score (nSPS) is 11.6. The first-order valence-electron chi connectivity index (χ1n) is 8.15. The number of rotatable bonds is 6. The molecular weight excluding hydrogens is 332 g/mol. The van der Waals surface area contributed by atoms with Crippen LogP contribution < -0.4 is 11.1 Å². The lowest BCUT2D eigenvalue weighted by Gasteiger charge is -2.24. The van der Waals surface area contributed by atoms with Crippen molar-refractivity contribution in [3.8, 4) is 0 Å². The smallest absolute Gasteiger partial charge is 0.251 e. The van der Waals surface area contributed by atoms with Crippen molar-refractivity contribution >= 4 is 23.3 Å². The molecule has 3 aromatic rings. The number of carbonyl (C=O) groups excluding carboxylic acids is 1. The Morgan fingerprint density at radius 1 is 1.24 bits per heavy atom. The molecule has 0 spiro atoms. The summed E-state index contributed by atoms with van der Waals surface area (Å²) in [6.45, 7) is 4.21. The molecule has 0 fully saturated rings. The van der Waals surface area contributed by atoms with Gasteiger partial charge in [-0.15, -0.1) is 11.8 Å². The van der Waals surface area contributed by atoms with Crippen LogP contribution in [0.5, 0.6) is 0 Å². The van der Waals surface area contributed by atoms with Gasteiger partial charge in [0.2, 0.25) is 0 Å². The maximum absolute atomic E-state index is 12.2. The lowest BCUT2D eigenvalue weighted by atomic mass is 10.1. The van der Waals surface area contributed by atoms with Crippen LogP contribution in [0.25, 0.3) is 5.65 Å². The van der Waals surface area contributed by atoms with E-state index in [2.05, 4.69) is 10.3 Å². The van der Waals surface area contributed by atoms with Gasteiger partial charge in [0.1, 0.15) is 5.65 Å². The fraction of sp³-hybridized carbons (Fsp3) is 0.263. The van der Waals surface area contributed by atoms with Crippen LogP contribution in [0, 0.1) is 0 Å². The Hall–Kier alpha value is -2.31. The second kappa shape index (κ2) is 7.29.